The minimum absolute atomic E-state index is 0.133. The van der Waals surface area contributed by atoms with E-state index in [-0.39, 0.29) is 11.3 Å². The molecule has 0 aliphatic heterocycles. The molecule has 1 aromatic heterocycles. The third-order valence-corrected chi connectivity index (χ3v) is 3.30. The van der Waals surface area contributed by atoms with E-state index in [2.05, 4.69) is 12.0 Å². The Kier molecular flexibility index (Phi) is 3.10. The van der Waals surface area contributed by atoms with Crippen molar-refractivity contribution in [3.8, 4) is 0 Å². The van der Waals surface area contributed by atoms with Crippen LogP contribution in [0.1, 0.15) is 49.5 Å². The van der Waals surface area contributed by atoms with Gasteiger partial charge in [-0.25, -0.2) is 0 Å². The topological polar surface area (TPSA) is 60.9 Å². The van der Waals surface area contributed by atoms with Crippen molar-refractivity contribution in [1.29, 1.82) is 0 Å². The second kappa shape index (κ2) is 4.37. The van der Waals surface area contributed by atoms with Gasteiger partial charge in [-0.2, -0.15) is 5.10 Å². The summed E-state index contributed by atoms with van der Waals surface area (Å²) >= 11 is 0. The van der Waals surface area contributed by atoms with Gasteiger partial charge in [-0.1, -0.05) is 6.92 Å². The first-order valence-electron chi connectivity index (χ1n) is 5.98. The van der Waals surface area contributed by atoms with Crippen LogP contribution in [-0.2, 0) is 6.54 Å². The lowest BCUT2D eigenvalue weighted by atomic mass is 9.74. The molecule has 1 aliphatic carbocycles. The summed E-state index contributed by atoms with van der Waals surface area (Å²) in [4.78, 5) is 12.1. The molecule has 0 bridgehead atoms. The molecule has 0 atom stereocenters. The summed E-state index contributed by atoms with van der Waals surface area (Å²) < 4.78 is 1.78. The van der Waals surface area contributed by atoms with Crippen molar-refractivity contribution >= 4 is 5.78 Å². The van der Waals surface area contributed by atoms with Gasteiger partial charge in [0.15, 0.2) is 5.78 Å². The van der Waals surface area contributed by atoms with Crippen LogP contribution in [0, 0.1) is 0 Å². The predicted molar refractivity (Wildman–Crippen MR) is 62.2 cm³/mol. The summed E-state index contributed by atoms with van der Waals surface area (Å²) in [6, 6.07) is 1.79. The van der Waals surface area contributed by atoms with E-state index in [0.29, 0.717) is 12.1 Å². The molecule has 1 saturated carbocycles. The van der Waals surface area contributed by atoms with Crippen molar-refractivity contribution in [2.75, 3.05) is 0 Å². The molecule has 1 heterocycles. The van der Waals surface area contributed by atoms with Crippen LogP contribution in [0.3, 0.4) is 0 Å². The van der Waals surface area contributed by atoms with Gasteiger partial charge < -0.3 is 5.73 Å². The second-order valence-electron chi connectivity index (χ2n) is 4.76. The van der Waals surface area contributed by atoms with Gasteiger partial charge >= 0.3 is 0 Å². The van der Waals surface area contributed by atoms with Crippen molar-refractivity contribution in [2.24, 2.45) is 5.73 Å². The zero-order valence-electron chi connectivity index (χ0n) is 9.78. The normalized spacial score (nSPS) is 18.1. The molecular formula is C12H19N3O. The molecular weight excluding hydrogens is 202 g/mol. The first-order valence-corrected chi connectivity index (χ1v) is 5.98. The van der Waals surface area contributed by atoms with Crippen molar-refractivity contribution in [3.05, 3.63) is 18.0 Å². The molecule has 0 radical (unpaired) electrons. The van der Waals surface area contributed by atoms with Crippen LogP contribution in [-0.4, -0.2) is 21.1 Å². The minimum Gasteiger partial charge on any atom is -0.325 e. The molecule has 2 N–H and O–H groups in total. The van der Waals surface area contributed by atoms with E-state index >= 15 is 0 Å². The van der Waals surface area contributed by atoms with Crippen LogP contribution in [0.4, 0.5) is 0 Å². The third kappa shape index (κ3) is 2.16. The number of hydrogen-bond donors (Lipinski definition) is 1. The first-order chi connectivity index (χ1) is 7.64. The van der Waals surface area contributed by atoms with Crippen LogP contribution >= 0.6 is 0 Å². The lowest BCUT2D eigenvalue weighted by Gasteiger charge is -2.37. The number of hydrogen-bond acceptors (Lipinski definition) is 3. The lowest BCUT2D eigenvalue weighted by molar-refractivity contribution is 0.0901. The van der Waals surface area contributed by atoms with Gasteiger partial charge in [0, 0.05) is 24.7 Å². The van der Waals surface area contributed by atoms with E-state index in [1.807, 2.05) is 0 Å². The smallest absolute Gasteiger partial charge is 0.182 e. The summed E-state index contributed by atoms with van der Waals surface area (Å²) in [5.41, 5.74) is 6.55. The Labute approximate surface area is 95.8 Å². The number of carbonyl (C=O) groups is 1. The summed E-state index contributed by atoms with van der Waals surface area (Å²) in [5, 5.41) is 4.16. The Bertz CT molecular complexity index is 379. The predicted octanol–water partition coefficient (Wildman–Crippen LogP) is 1.75. The van der Waals surface area contributed by atoms with Gasteiger partial charge in [-0.3, -0.25) is 9.48 Å². The van der Waals surface area contributed by atoms with E-state index in [4.69, 9.17) is 5.73 Å². The molecule has 1 fully saturated rings. The van der Waals surface area contributed by atoms with E-state index in [9.17, 15) is 4.79 Å². The van der Waals surface area contributed by atoms with Gasteiger partial charge in [-0.15, -0.1) is 0 Å². The average molecular weight is 221 g/mol. The number of carbonyl (C=O) groups excluding carboxylic acids is 1. The molecule has 88 valence electrons. The molecule has 4 heteroatoms. The largest absolute Gasteiger partial charge is 0.325 e. The number of nitrogens with two attached hydrogens (primary N) is 1. The molecule has 0 saturated heterocycles. The van der Waals surface area contributed by atoms with Gasteiger partial charge in [0.1, 0.15) is 5.69 Å². The zero-order chi connectivity index (χ0) is 11.6. The van der Waals surface area contributed by atoms with Crippen molar-refractivity contribution in [2.45, 2.75) is 51.1 Å². The maximum Gasteiger partial charge on any atom is 0.182 e. The fraction of sp³-hybridized carbons (Fsp3) is 0.667. The molecule has 4 nitrogen and oxygen atoms in total. The van der Waals surface area contributed by atoms with E-state index in [1.165, 1.54) is 0 Å². The Morgan fingerprint density at radius 3 is 2.94 bits per heavy atom. The van der Waals surface area contributed by atoms with Crippen LogP contribution in [0.15, 0.2) is 12.3 Å². The van der Waals surface area contributed by atoms with Crippen molar-refractivity contribution in [1.82, 2.24) is 9.78 Å². The van der Waals surface area contributed by atoms with Crippen molar-refractivity contribution in [3.63, 3.8) is 0 Å². The summed E-state index contributed by atoms with van der Waals surface area (Å²) in [7, 11) is 0. The first kappa shape index (κ1) is 11.3. The monoisotopic (exact) mass is 221 g/mol. The standard InChI is InChI=1S/C12H19N3O/c1-2-8-15-10(4-7-14-15)11(16)9-12(13)5-3-6-12/h4,7H,2-3,5-6,8-9,13H2,1H3. The molecule has 1 aromatic rings. The SMILES string of the molecule is CCCn1nccc1C(=O)CC1(N)CCC1. The van der Waals surface area contributed by atoms with Crippen molar-refractivity contribution < 1.29 is 4.79 Å². The number of aryl methyl sites for hydroxylation is 1. The maximum atomic E-state index is 12.1. The molecule has 0 amide bonds. The fourth-order valence-electron chi connectivity index (χ4n) is 2.18. The maximum absolute atomic E-state index is 12.1. The summed E-state index contributed by atoms with van der Waals surface area (Å²) in [5.74, 6) is 0.133. The van der Waals surface area contributed by atoms with Crippen LogP contribution in [0.2, 0.25) is 0 Å². The molecule has 0 unspecified atom stereocenters. The van der Waals surface area contributed by atoms with E-state index < -0.39 is 0 Å². The quantitative estimate of drug-likeness (QED) is 0.770. The molecule has 2 rings (SSSR count). The van der Waals surface area contributed by atoms with Crippen LogP contribution < -0.4 is 5.73 Å². The number of Topliss-reactive ketones (excluding diaryl/α,β-unsaturated/α-hetero) is 1. The molecule has 1 aliphatic rings. The number of rotatable bonds is 5. The Hall–Kier alpha value is -1.16. The van der Waals surface area contributed by atoms with Gasteiger partial charge in [0.2, 0.25) is 0 Å². The van der Waals surface area contributed by atoms with Gasteiger partial charge in [0.05, 0.1) is 0 Å². The second-order valence-corrected chi connectivity index (χ2v) is 4.76. The average Bonchev–Trinajstić information content (AvgIpc) is 2.64. The van der Waals surface area contributed by atoms with E-state index in [0.717, 1.165) is 32.2 Å². The highest BCUT2D eigenvalue weighted by atomic mass is 16.1. The summed E-state index contributed by atoms with van der Waals surface area (Å²) in [6.45, 7) is 2.87. The Balaban J connectivity index is 2.05. The molecule has 0 aromatic carbocycles. The number of nitrogens with zero attached hydrogens (tertiary/aromatic N) is 2. The van der Waals surface area contributed by atoms with E-state index in [1.54, 1.807) is 16.9 Å². The fourth-order valence-corrected chi connectivity index (χ4v) is 2.18. The summed E-state index contributed by atoms with van der Waals surface area (Å²) in [6.07, 6.45) is 6.23. The highest BCUT2D eigenvalue weighted by molar-refractivity contribution is 5.95. The highest BCUT2D eigenvalue weighted by Crippen LogP contribution is 2.33. The Morgan fingerprint density at radius 2 is 2.38 bits per heavy atom. The van der Waals surface area contributed by atoms with Gasteiger partial charge in [0.25, 0.3) is 0 Å². The van der Waals surface area contributed by atoms with Gasteiger partial charge in [-0.05, 0) is 31.7 Å². The molecule has 16 heavy (non-hydrogen) atoms. The molecule has 0 spiro atoms. The number of aromatic nitrogens is 2. The van der Waals surface area contributed by atoms with Crippen LogP contribution in [0.25, 0.3) is 0 Å². The zero-order valence-corrected chi connectivity index (χ0v) is 9.78. The van der Waals surface area contributed by atoms with Crippen LogP contribution in [0.5, 0.6) is 0 Å². The minimum atomic E-state index is -0.238. The third-order valence-electron chi connectivity index (χ3n) is 3.30. The Morgan fingerprint density at radius 1 is 1.62 bits per heavy atom. The lowest BCUT2D eigenvalue weighted by Crippen LogP contribution is -2.48. The highest BCUT2D eigenvalue weighted by Gasteiger charge is 2.35. The number of ketones is 1.